The smallest absolute Gasteiger partial charge is 0.272 e. The number of nitrogens with zero attached hydrogens (tertiary/aromatic N) is 4. The van der Waals surface area contributed by atoms with Gasteiger partial charge in [0.1, 0.15) is 11.5 Å². The van der Waals surface area contributed by atoms with Crippen LogP contribution in [0.2, 0.25) is 0 Å². The van der Waals surface area contributed by atoms with E-state index in [1.807, 2.05) is 24.0 Å². The zero-order chi connectivity index (χ0) is 21.3. The first-order valence-corrected chi connectivity index (χ1v) is 10.9. The first kappa shape index (κ1) is 20.5. The highest BCUT2D eigenvalue weighted by atomic mass is 19.1. The van der Waals surface area contributed by atoms with Gasteiger partial charge in [-0.25, -0.2) is 13.9 Å². The van der Waals surface area contributed by atoms with Crippen LogP contribution in [0.1, 0.15) is 67.7 Å². The van der Waals surface area contributed by atoms with Crippen molar-refractivity contribution in [2.75, 3.05) is 6.54 Å². The standard InChI is InChI=1S/C24H29FN4O/c1-4-8-18-14-22(24(30)28-12-7-5-6-9-17(28)3)26-23-15-21(27-29(18)23)19-11-10-16(2)13-20(19)25/h10-11,13-15,17H,4-9,12H2,1-3H3. The van der Waals surface area contributed by atoms with Gasteiger partial charge in [-0.2, -0.15) is 5.10 Å². The molecular weight excluding hydrogens is 379 g/mol. The van der Waals surface area contributed by atoms with Gasteiger partial charge in [-0.1, -0.05) is 32.3 Å². The quantitative estimate of drug-likeness (QED) is 0.596. The predicted molar refractivity (Wildman–Crippen MR) is 116 cm³/mol. The molecule has 1 aliphatic heterocycles. The fraction of sp³-hybridized carbons (Fsp3) is 0.458. The second-order valence-electron chi connectivity index (χ2n) is 8.36. The van der Waals surface area contributed by atoms with Crippen molar-refractivity contribution >= 4 is 11.6 Å². The summed E-state index contributed by atoms with van der Waals surface area (Å²) in [6.45, 7) is 6.84. The van der Waals surface area contributed by atoms with Gasteiger partial charge in [0.25, 0.3) is 5.91 Å². The number of aromatic nitrogens is 3. The normalized spacial score (nSPS) is 17.3. The summed E-state index contributed by atoms with van der Waals surface area (Å²) in [6, 6.07) is 8.98. The third kappa shape index (κ3) is 3.95. The molecule has 1 aliphatic rings. The molecule has 5 nitrogen and oxygen atoms in total. The van der Waals surface area contributed by atoms with Gasteiger partial charge in [-0.05, 0) is 56.9 Å². The van der Waals surface area contributed by atoms with Crippen LogP contribution in [0.25, 0.3) is 16.9 Å². The molecule has 0 N–H and O–H groups in total. The number of rotatable bonds is 4. The third-order valence-electron chi connectivity index (χ3n) is 5.94. The molecule has 0 radical (unpaired) electrons. The van der Waals surface area contributed by atoms with Crippen LogP contribution in [-0.2, 0) is 6.42 Å². The zero-order valence-electron chi connectivity index (χ0n) is 18.0. The summed E-state index contributed by atoms with van der Waals surface area (Å²) in [7, 11) is 0. The van der Waals surface area contributed by atoms with Gasteiger partial charge in [0, 0.05) is 29.9 Å². The molecule has 158 valence electrons. The minimum atomic E-state index is -0.301. The van der Waals surface area contributed by atoms with Crippen LogP contribution >= 0.6 is 0 Å². The Labute approximate surface area is 176 Å². The number of carbonyl (C=O) groups is 1. The van der Waals surface area contributed by atoms with Crippen LogP contribution in [0.3, 0.4) is 0 Å². The molecule has 1 aromatic carbocycles. The Balaban J connectivity index is 1.77. The van der Waals surface area contributed by atoms with Crippen LogP contribution in [0.15, 0.2) is 30.3 Å². The molecule has 0 spiro atoms. The van der Waals surface area contributed by atoms with E-state index in [-0.39, 0.29) is 17.8 Å². The molecule has 1 atom stereocenters. The minimum Gasteiger partial charge on any atom is -0.335 e. The van der Waals surface area contributed by atoms with Gasteiger partial charge in [-0.15, -0.1) is 0 Å². The molecule has 6 heteroatoms. The number of amides is 1. The molecule has 1 amide bonds. The Morgan fingerprint density at radius 2 is 2.03 bits per heavy atom. The maximum Gasteiger partial charge on any atom is 0.272 e. The van der Waals surface area contributed by atoms with E-state index in [4.69, 9.17) is 0 Å². The molecule has 0 aliphatic carbocycles. The third-order valence-corrected chi connectivity index (χ3v) is 5.94. The number of likely N-dealkylation sites (tertiary alicyclic amines) is 1. The van der Waals surface area contributed by atoms with Gasteiger partial charge in [-0.3, -0.25) is 4.79 Å². The number of carbonyl (C=O) groups excluding carboxylic acids is 1. The Morgan fingerprint density at radius 1 is 1.20 bits per heavy atom. The number of benzene rings is 1. The van der Waals surface area contributed by atoms with Crippen LogP contribution < -0.4 is 0 Å². The number of aryl methyl sites for hydroxylation is 2. The molecule has 1 fully saturated rings. The van der Waals surface area contributed by atoms with Gasteiger partial charge < -0.3 is 4.90 Å². The second kappa shape index (κ2) is 8.54. The lowest BCUT2D eigenvalue weighted by Gasteiger charge is -2.27. The highest BCUT2D eigenvalue weighted by Gasteiger charge is 2.25. The fourth-order valence-corrected chi connectivity index (χ4v) is 4.26. The highest BCUT2D eigenvalue weighted by molar-refractivity contribution is 5.93. The maximum atomic E-state index is 14.5. The zero-order valence-corrected chi connectivity index (χ0v) is 18.0. The Bertz CT molecular complexity index is 1070. The average molecular weight is 409 g/mol. The molecule has 2 aromatic heterocycles. The first-order chi connectivity index (χ1) is 14.5. The number of fused-ring (bicyclic) bond motifs is 1. The summed E-state index contributed by atoms with van der Waals surface area (Å²) < 4.78 is 16.3. The van der Waals surface area contributed by atoms with Crippen LogP contribution in [-0.4, -0.2) is 38.0 Å². The van der Waals surface area contributed by atoms with E-state index in [9.17, 15) is 9.18 Å². The lowest BCUT2D eigenvalue weighted by molar-refractivity contribution is 0.0692. The summed E-state index contributed by atoms with van der Waals surface area (Å²) in [6.07, 6.45) is 6.07. The van der Waals surface area contributed by atoms with Crippen LogP contribution in [0, 0.1) is 12.7 Å². The predicted octanol–water partition coefficient (Wildman–Crippen LogP) is 5.20. The molecule has 30 heavy (non-hydrogen) atoms. The molecule has 4 rings (SSSR count). The topological polar surface area (TPSA) is 50.5 Å². The van der Waals surface area contributed by atoms with Crippen molar-refractivity contribution in [2.45, 2.75) is 65.3 Å². The molecular formula is C24H29FN4O. The first-order valence-electron chi connectivity index (χ1n) is 10.9. The highest BCUT2D eigenvalue weighted by Crippen LogP contribution is 2.25. The van der Waals surface area contributed by atoms with Gasteiger partial charge in [0.2, 0.25) is 0 Å². The summed E-state index contributed by atoms with van der Waals surface area (Å²) >= 11 is 0. The largest absolute Gasteiger partial charge is 0.335 e. The lowest BCUT2D eigenvalue weighted by atomic mass is 10.1. The minimum absolute atomic E-state index is 0.0199. The van der Waals surface area contributed by atoms with Crippen molar-refractivity contribution in [3.8, 4) is 11.3 Å². The summed E-state index contributed by atoms with van der Waals surface area (Å²) in [5, 5.41) is 4.62. The van der Waals surface area contributed by atoms with Crippen LogP contribution in [0.5, 0.6) is 0 Å². The van der Waals surface area contributed by atoms with E-state index in [1.54, 1.807) is 16.6 Å². The Morgan fingerprint density at radius 3 is 2.80 bits per heavy atom. The molecule has 0 saturated carbocycles. The summed E-state index contributed by atoms with van der Waals surface area (Å²) in [5.74, 6) is -0.321. The second-order valence-corrected chi connectivity index (χ2v) is 8.36. The molecule has 3 aromatic rings. The monoisotopic (exact) mass is 408 g/mol. The van der Waals surface area contributed by atoms with E-state index in [0.717, 1.165) is 56.3 Å². The average Bonchev–Trinajstić information content (AvgIpc) is 3.02. The van der Waals surface area contributed by atoms with Crippen molar-refractivity contribution in [1.82, 2.24) is 19.5 Å². The number of halogens is 1. The van der Waals surface area contributed by atoms with Crippen molar-refractivity contribution in [3.63, 3.8) is 0 Å². The molecule has 1 unspecified atom stereocenters. The van der Waals surface area contributed by atoms with Crippen molar-refractivity contribution in [2.24, 2.45) is 0 Å². The van der Waals surface area contributed by atoms with Crippen molar-refractivity contribution in [1.29, 1.82) is 0 Å². The van der Waals surface area contributed by atoms with E-state index in [2.05, 4.69) is 23.9 Å². The van der Waals surface area contributed by atoms with E-state index in [0.29, 0.717) is 22.6 Å². The lowest BCUT2D eigenvalue weighted by Crippen LogP contribution is -2.38. The van der Waals surface area contributed by atoms with Crippen molar-refractivity contribution in [3.05, 3.63) is 53.1 Å². The molecule has 0 bridgehead atoms. The van der Waals surface area contributed by atoms with Gasteiger partial charge >= 0.3 is 0 Å². The SMILES string of the molecule is CCCc1cc(C(=O)N2CCCCCC2C)nc2cc(-c3ccc(C)cc3F)nn12. The van der Waals surface area contributed by atoms with Crippen molar-refractivity contribution < 1.29 is 9.18 Å². The van der Waals surface area contributed by atoms with Crippen LogP contribution in [0.4, 0.5) is 4.39 Å². The summed E-state index contributed by atoms with van der Waals surface area (Å²) in [4.78, 5) is 19.9. The van der Waals surface area contributed by atoms with E-state index >= 15 is 0 Å². The molecule has 3 heterocycles. The van der Waals surface area contributed by atoms with E-state index < -0.39 is 0 Å². The Kier molecular flexibility index (Phi) is 5.84. The summed E-state index contributed by atoms with van der Waals surface area (Å²) in [5.41, 5.74) is 3.81. The fourth-order valence-electron chi connectivity index (χ4n) is 4.26. The number of hydrogen-bond acceptors (Lipinski definition) is 3. The van der Waals surface area contributed by atoms with Gasteiger partial charge in [0.05, 0.1) is 5.69 Å². The van der Waals surface area contributed by atoms with Gasteiger partial charge in [0.15, 0.2) is 5.65 Å². The van der Waals surface area contributed by atoms with E-state index in [1.165, 1.54) is 6.07 Å². The maximum absolute atomic E-state index is 14.5. The Hall–Kier alpha value is -2.76. The molecule has 1 saturated heterocycles. The number of hydrogen-bond donors (Lipinski definition) is 0.